The van der Waals surface area contributed by atoms with Gasteiger partial charge in [0.2, 0.25) is 0 Å². The molecule has 1 saturated heterocycles. The molecule has 2 heterocycles. The number of aliphatic imine (C=N–C) groups is 1. The van der Waals surface area contributed by atoms with Crippen molar-refractivity contribution in [2.24, 2.45) is 4.99 Å². The van der Waals surface area contributed by atoms with E-state index >= 15 is 0 Å². The Bertz CT molecular complexity index is 837. The smallest absolute Gasteiger partial charge is 0.191 e. The lowest BCUT2D eigenvalue weighted by atomic mass is 10.1. The molecule has 0 amide bonds. The van der Waals surface area contributed by atoms with Gasteiger partial charge in [0.1, 0.15) is 5.82 Å². The Hall–Kier alpha value is -2.34. The summed E-state index contributed by atoms with van der Waals surface area (Å²) in [5.41, 5.74) is 2.80. The van der Waals surface area contributed by atoms with E-state index in [2.05, 4.69) is 43.7 Å². The molecule has 148 valence electrons. The molecule has 0 spiro atoms. The second kappa shape index (κ2) is 10.9. The minimum absolute atomic E-state index is 0. The number of piperidine rings is 1. The number of aryl methyl sites for hydroxylation is 1. The summed E-state index contributed by atoms with van der Waals surface area (Å²) in [6, 6.07) is 16.4. The molecule has 0 aliphatic carbocycles. The fourth-order valence-corrected chi connectivity index (χ4v) is 3.28. The first-order chi connectivity index (χ1) is 13.2. The number of nitrogens with one attached hydrogen (secondary N) is 2. The predicted octanol–water partition coefficient (Wildman–Crippen LogP) is 3.21. The molecule has 3 rings (SSSR count). The van der Waals surface area contributed by atoms with E-state index in [1.807, 2.05) is 37.3 Å². The molecule has 1 aromatic heterocycles. The van der Waals surface area contributed by atoms with Gasteiger partial charge in [0.15, 0.2) is 5.96 Å². The van der Waals surface area contributed by atoms with Gasteiger partial charge >= 0.3 is 0 Å². The Morgan fingerprint density at radius 3 is 2.68 bits per heavy atom. The summed E-state index contributed by atoms with van der Waals surface area (Å²) >= 11 is 0. The monoisotopic (exact) mass is 490 g/mol. The molecule has 2 aromatic rings. The van der Waals surface area contributed by atoms with Gasteiger partial charge < -0.3 is 15.5 Å². The SMILES string of the molecule is CN=C(NCc1cccc(C#N)c1)NC1CCN(c2cccc(C)n2)CC1.I. The third-order valence-corrected chi connectivity index (χ3v) is 4.77. The summed E-state index contributed by atoms with van der Waals surface area (Å²) in [6.45, 7) is 4.63. The average Bonchev–Trinajstić information content (AvgIpc) is 2.71. The van der Waals surface area contributed by atoms with Crippen molar-refractivity contribution < 1.29 is 0 Å². The van der Waals surface area contributed by atoms with E-state index in [1.54, 1.807) is 7.05 Å². The van der Waals surface area contributed by atoms with Crippen LogP contribution in [0.5, 0.6) is 0 Å². The molecule has 6 nitrogen and oxygen atoms in total. The number of anilines is 1. The maximum Gasteiger partial charge on any atom is 0.191 e. The van der Waals surface area contributed by atoms with Gasteiger partial charge in [-0.2, -0.15) is 5.26 Å². The number of nitriles is 1. The molecule has 0 radical (unpaired) electrons. The van der Waals surface area contributed by atoms with Crippen LogP contribution in [0, 0.1) is 18.3 Å². The molecular weight excluding hydrogens is 463 g/mol. The summed E-state index contributed by atoms with van der Waals surface area (Å²) in [4.78, 5) is 11.3. The minimum Gasteiger partial charge on any atom is -0.356 e. The number of hydrogen-bond donors (Lipinski definition) is 2. The van der Waals surface area contributed by atoms with Crippen LogP contribution in [0.15, 0.2) is 47.5 Å². The van der Waals surface area contributed by atoms with Gasteiger partial charge in [-0.15, -0.1) is 24.0 Å². The number of hydrogen-bond acceptors (Lipinski definition) is 4. The Labute approximate surface area is 184 Å². The number of nitrogens with zero attached hydrogens (tertiary/aromatic N) is 4. The van der Waals surface area contributed by atoms with Gasteiger partial charge in [0, 0.05) is 38.4 Å². The Kier molecular flexibility index (Phi) is 8.51. The molecule has 7 heteroatoms. The third-order valence-electron chi connectivity index (χ3n) is 4.77. The summed E-state index contributed by atoms with van der Waals surface area (Å²) in [5.74, 6) is 1.86. The van der Waals surface area contributed by atoms with Crippen molar-refractivity contribution in [3.05, 3.63) is 59.3 Å². The van der Waals surface area contributed by atoms with Crippen LogP contribution in [0.25, 0.3) is 0 Å². The number of pyridine rings is 1. The molecule has 0 saturated carbocycles. The van der Waals surface area contributed by atoms with Crippen molar-refractivity contribution >= 4 is 35.8 Å². The molecule has 2 N–H and O–H groups in total. The Morgan fingerprint density at radius 1 is 1.25 bits per heavy atom. The molecule has 0 bridgehead atoms. The zero-order valence-corrected chi connectivity index (χ0v) is 18.7. The highest BCUT2D eigenvalue weighted by molar-refractivity contribution is 14.0. The molecule has 1 fully saturated rings. The second-order valence-electron chi connectivity index (χ2n) is 6.78. The van der Waals surface area contributed by atoms with Gasteiger partial charge in [-0.05, 0) is 49.6 Å². The van der Waals surface area contributed by atoms with Crippen LogP contribution in [-0.4, -0.2) is 37.1 Å². The molecular formula is C21H27IN6. The van der Waals surface area contributed by atoms with Crippen molar-refractivity contribution in [1.82, 2.24) is 15.6 Å². The van der Waals surface area contributed by atoms with Crippen molar-refractivity contribution in [2.75, 3.05) is 25.0 Å². The van der Waals surface area contributed by atoms with E-state index in [9.17, 15) is 0 Å². The van der Waals surface area contributed by atoms with E-state index in [0.29, 0.717) is 18.2 Å². The lowest BCUT2D eigenvalue weighted by molar-refractivity contribution is 0.459. The van der Waals surface area contributed by atoms with Gasteiger partial charge in [-0.1, -0.05) is 18.2 Å². The van der Waals surface area contributed by atoms with E-state index in [1.165, 1.54) is 0 Å². The van der Waals surface area contributed by atoms with Crippen molar-refractivity contribution in [3.63, 3.8) is 0 Å². The zero-order valence-electron chi connectivity index (χ0n) is 16.4. The first-order valence-corrected chi connectivity index (χ1v) is 9.33. The number of rotatable bonds is 4. The van der Waals surface area contributed by atoms with E-state index in [4.69, 9.17) is 5.26 Å². The third kappa shape index (κ3) is 6.09. The van der Waals surface area contributed by atoms with Crippen LogP contribution in [0.4, 0.5) is 5.82 Å². The first kappa shape index (κ1) is 22.0. The Balaban J connectivity index is 0.00000280. The first-order valence-electron chi connectivity index (χ1n) is 9.33. The minimum atomic E-state index is 0. The van der Waals surface area contributed by atoms with Crippen LogP contribution in [0.1, 0.15) is 29.7 Å². The summed E-state index contributed by atoms with van der Waals surface area (Å²) in [5, 5.41) is 15.9. The zero-order chi connectivity index (χ0) is 19.1. The maximum absolute atomic E-state index is 9.01. The fraction of sp³-hybridized carbons (Fsp3) is 0.381. The number of benzene rings is 1. The highest BCUT2D eigenvalue weighted by Gasteiger charge is 2.20. The second-order valence-corrected chi connectivity index (χ2v) is 6.78. The van der Waals surface area contributed by atoms with Crippen LogP contribution >= 0.6 is 24.0 Å². The van der Waals surface area contributed by atoms with Crippen LogP contribution in [0.2, 0.25) is 0 Å². The maximum atomic E-state index is 9.01. The highest BCUT2D eigenvalue weighted by Crippen LogP contribution is 2.18. The molecule has 28 heavy (non-hydrogen) atoms. The standard InChI is InChI=1S/C21H26N6.HI/c1-16-5-3-8-20(25-16)27-11-9-19(10-12-27)26-21(23-2)24-15-18-7-4-6-17(13-18)14-22;/h3-8,13,19H,9-12,15H2,1-2H3,(H2,23,24,26);1H. The van der Waals surface area contributed by atoms with Crippen molar-refractivity contribution in [2.45, 2.75) is 32.4 Å². The van der Waals surface area contributed by atoms with Crippen molar-refractivity contribution in [3.8, 4) is 6.07 Å². The van der Waals surface area contributed by atoms with Crippen LogP contribution < -0.4 is 15.5 Å². The van der Waals surface area contributed by atoms with Crippen LogP contribution in [0.3, 0.4) is 0 Å². The van der Waals surface area contributed by atoms with Gasteiger partial charge in [0.25, 0.3) is 0 Å². The average molecular weight is 490 g/mol. The largest absolute Gasteiger partial charge is 0.356 e. The van der Waals surface area contributed by atoms with Gasteiger partial charge in [-0.3, -0.25) is 4.99 Å². The van der Waals surface area contributed by atoms with E-state index in [-0.39, 0.29) is 24.0 Å². The quantitative estimate of drug-likeness (QED) is 0.391. The lowest BCUT2D eigenvalue weighted by Gasteiger charge is -2.34. The topological polar surface area (TPSA) is 76.3 Å². The number of guanidine groups is 1. The lowest BCUT2D eigenvalue weighted by Crippen LogP contribution is -2.48. The molecule has 1 aromatic carbocycles. The molecule has 1 aliphatic rings. The molecule has 1 aliphatic heterocycles. The number of halogens is 1. The normalized spacial score (nSPS) is 14.8. The molecule has 0 unspecified atom stereocenters. The predicted molar refractivity (Wildman–Crippen MR) is 124 cm³/mol. The fourth-order valence-electron chi connectivity index (χ4n) is 3.28. The Morgan fingerprint density at radius 2 is 2.00 bits per heavy atom. The van der Waals surface area contributed by atoms with Crippen LogP contribution in [-0.2, 0) is 6.54 Å². The summed E-state index contributed by atoms with van der Waals surface area (Å²) < 4.78 is 0. The molecule has 0 atom stereocenters. The van der Waals surface area contributed by atoms with E-state index in [0.717, 1.165) is 49.0 Å². The van der Waals surface area contributed by atoms with Gasteiger partial charge in [-0.25, -0.2) is 4.98 Å². The summed E-state index contributed by atoms with van der Waals surface area (Å²) in [7, 11) is 1.78. The highest BCUT2D eigenvalue weighted by atomic mass is 127. The summed E-state index contributed by atoms with van der Waals surface area (Å²) in [6.07, 6.45) is 2.08. The number of aromatic nitrogens is 1. The van der Waals surface area contributed by atoms with Gasteiger partial charge in [0.05, 0.1) is 11.6 Å². The van der Waals surface area contributed by atoms with Crippen molar-refractivity contribution in [1.29, 1.82) is 5.26 Å². The van der Waals surface area contributed by atoms with E-state index < -0.39 is 0 Å².